The first kappa shape index (κ1) is 22.1. The number of benzene rings is 1. The van der Waals surface area contributed by atoms with Gasteiger partial charge in [-0.2, -0.15) is 0 Å². The molecule has 0 aliphatic heterocycles. The van der Waals surface area contributed by atoms with Crippen LogP contribution in [0.3, 0.4) is 0 Å². The van der Waals surface area contributed by atoms with Crippen molar-refractivity contribution in [2.75, 3.05) is 14.2 Å². The number of rotatable bonds is 5. The van der Waals surface area contributed by atoms with E-state index in [-0.39, 0.29) is 46.1 Å². The van der Waals surface area contributed by atoms with E-state index in [9.17, 15) is 19.5 Å². The Labute approximate surface area is 185 Å². The Morgan fingerprint density at radius 1 is 1.19 bits per heavy atom. The maximum Gasteiger partial charge on any atom is 0.343 e. The standard InChI is InChI=1S/C24H27NO7/c1-13(26)17-12-24(29,23(28)31-3)19-21(27)16-10-9-15(30-2)11-18(16)32-22(19)20(17)25-14-7-5-4-6-8-14/h9-11,14,25,29H,4-8,12H2,1-3H3. The van der Waals surface area contributed by atoms with E-state index in [0.29, 0.717) is 11.4 Å². The van der Waals surface area contributed by atoms with Crippen molar-refractivity contribution in [3.8, 4) is 5.75 Å². The van der Waals surface area contributed by atoms with E-state index in [2.05, 4.69) is 5.32 Å². The smallest absolute Gasteiger partial charge is 0.343 e. The molecule has 170 valence electrons. The maximum absolute atomic E-state index is 13.5. The fraction of sp³-hybridized carbons (Fsp3) is 0.458. The summed E-state index contributed by atoms with van der Waals surface area (Å²) >= 11 is 0. The number of ketones is 1. The fourth-order valence-electron chi connectivity index (χ4n) is 4.67. The Bertz CT molecular complexity index is 1170. The minimum Gasteiger partial charge on any atom is -0.497 e. The molecule has 0 amide bonds. The molecule has 8 heteroatoms. The van der Waals surface area contributed by atoms with Gasteiger partial charge in [0.25, 0.3) is 0 Å². The minimum atomic E-state index is -2.34. The van der Waals surface area contributed by atoms with Crippen molar-refractivity contribution in [1.29, 1.82) is 0 Å². The molecule has 0 saturated heterocycles. The predicted octanol–water partition coefficient (Wildman–Crippen LogP) is 2.79. The summed E-state index contributed by atoms with van der Waals surface area (Å²) in [5, 5.41) is 15.0. The first-order valence-corrected chi connectivity index (χ1v) is 10.8. The van der Waals surface area contributed by atoms with E-state index in [4.69, 9.17) is 13.9 Å². The lowest BCUT2D eigenvalue weighted by molar-refractivity contribution is -0.164. The third-order valence-corrected chi connectivity index (χ3v) is 6.38. The van der Waals surface area contributed by atoms with Crippen molar-refractivity contribution >= 4 is 28.4 Å². The third kappa shape index (κ3) is 3.58. The summed E-state index contributed by atoms with van der Waals surface area (Å²) in [5.74, 6) is -0.873. The summed E-state index contributed by atoms with van der Waals surface area (Å²) in [6.07, 6.45) is 4.71. The number of hydrogen-bond donors (Lipinski definition) is 2. The maximum atomic E-state index is 13.5. The van der Waals surface area contributed by atoms with E-state index in [1.807, 2.05) is 0 Å². The zero-order valence-corrected chi connectivity index (χ0v) is 18.4. The summed E-state index contributed by atoms with van der Waals surface area (Å²) in [5.41, 5.74) is -2.32. The SMILES string of the molecule is COC(=O)C1(O)CC(C(C)=O)=C(NC2CCCCC2)c2oc3cc(OC)ccc3c(=O)c21. The molecule has 0 spiro atoms. The topological polar surface area (TPSA) is 115 Å². The Balaban J connectivity index is 2.02. The molecular formula is C24H27NO7. The third-order valence-electron chi connectivity index (χ3n) is 6.38. The highest BCUT2D eigenvalue weighted by Crippen LogP contribution is 2.42. The molecule has 2 aliphatic rings. The van der Waals surface area contributed by atoms with E-state index in [1.165, 1.54) is 20.1 Å². The number of hydrogen-bond acceptors (Lipinski definition) is 8. The van der Waals surface area contributed by atoms with Gasteiger partial charge in [0.05, 0.1) is 30.9 Å². The quantitative estimate of drug-likeness (QED) is 0.681. The highest BCUT2D eigenvalue weighted by Gasteiger charge is 2.50. The van der Waals surface area contributed by atoms with Crippen LogP contribution in [-0.2, 0) is 19.9 Å². The van der Waals surface area contributed by atoms with Crippen molar-refractivity contribution in [3.63, 3.8) is 0 Å². The van der Waals surface area contributed by atoms with Crippen LogP contribution < -0.4 is 15.5 Å². The Morgan fingerprint density at radius 3 is 2.53 bits per heavy atom. The number of ether oxygens (including phenoxy) is 2. The number of carbonyl (C=O) groups excluding carboxylic acids is 2. The van der Waals surface area contributed by atoms with Crippen LogP contribution in [0.5, 0.6) is 5.75 Å². The van der Waals surface area contributed by atoms with E-state index in [1.54, 1.807) is 12.1 Å². The van der Waals surface area contributed by atoms with Crippen LogP contribution in [0.25, 0.3) is 16.7 Å². The number of Topliss-reactive ketones (excluding diaryl/α,β-unsaturated/α-hetero) is 1. The lowest BCUT2D eigenvalue weighted by Crippen LogP contribution is -2.46. The Hall–Kier alpha value is -3.13. The van der Waals surface area contributed by atoms with Crippen LogP contribution in [0, 0.1) is 0 Å². The van der Waals surface area contributed by atoms with Crippen molar-refractivity contribution in [3.05, 3.63) is 45.3 Å². The summed E-state index contributed by atoms with van der Waals surface area (Å²) in [7, 11) is 2.62. The van der Waals surface area contributed by atoms with Gasteiger partial charge in [0.2, 0.25) is 0 Å². The van der Waals surface area contributed by atoms with Crippen molar-refractivity contribution < 1.29 is 28.6 Å². The zero-order chi connectivity index (χ0) is 23.0. The van der Waals surface area contributed by atoms with Gasteiger partial charge in [-0.1, -0.05) is 19.3 Å². The van der Waals surface area contributed by atoms with Gasteiger partial charge in [-0.25, -0.2) is 4.79 Å². The minimum absolute atomic E-state index is 0.00863. The summed E-state index contributed by atoms with van der Waals surface area (Å²) in [6.45, 7) is 1.36. The summed E-state index contributed by atoms with van der Waals surface area (Å²) in [4.78, 5) is 38.8. The Kier molecular flexibility index (Phi) is 5.81. The second-order valence-electron chi connectivity index (χ2n) is 8.42. The van der Waals surface area contributed by atoms with Gasteiger partial charge < -0.3 is 24.3 Å². The highest BCUT2D eigenvalue weighted by atomic mass is 16.5. The van der Waals surface area contributed by atoms with E-state index < -0.39 is 17.0 Å². The number of nitrogens with one attached hydrogen (secondary N) is 1. The highest BCUT2D eigenvalue weighted by molar-refractivity contribution is 6.04. The molecule has 1 aromatic carbocycles. The van der Waals surface area contributed by atoms with Gasteiger partial charge >= 0.3 is 5.97 Å². The van der Waals surface area contributed by atoms with Crippen LogP contribution in [0.15, 0.2) is 33.0 Å². The summed E-state index contributed by atoms with van der Waals surface area (Å²) < 4.78 is 16.2. The molecule has 1 heterocycles. The zero-order valence-electron chi connectivity index (χ0n) is 18.4. The van der Waals surface area contributed by atoms with Crippen LogP contribution in [0.4, 0.5) is 0 Å². The van der Waals surface area contributed by atoms with Crippen LogP contribution in [-0.4, -0.2) is 37.1 Å². The van der Waals surface area contributed by atoms with Crippen LogP contribution >= 0.6 is 0 Å². The van der Waals surface area contributed by atoms with Crippen molar-refractivity contribution in [2.24, 2.45) is 0 Å². The first-order chi connectivity index (χ1) is 15.3. The molecule has 1 fully saturated rings. The molecule has 1 aromatic heterocycles. The van der Waals surface area contributed by atoms with Gasteiger partial charge in [-0.3, -0.25) is 9.59 Å². The monoisotopic (exact) mass is 441 g/mol. The molecule has 0 radical (unpaired) electrons. The average molecular weight is 441 g/mol. The molecule has 1 unspecified atom stereocenters. The number of fused-ring (bicyclic) bond motifs is 2. The van der Waals surface area contributed by atoms with Gasteiger partial charge in [0.1, 0.15) is 11.3 Å². The van der Waals surface area contributed by atoms with Gasteiger partial charge in [0, 0.05) is 24.1 Å². The predicted molar refractivity (Wildman–Crippen MR) is 117 cm³/mol. The van der Waals surface area contributed by atoms with Crippen LogP contribution in [0.2, 0.25) is 0 Å². The molecular weight excluding hydrogens is 414 g/mol. The lowest BCUT2D eigenvalue weighted by Gasteiger charge is -2.35. The molecule has 2 aliphatic carbocycles. The van der Waals surface area contributed by atoms with Gasteiger partial charge in [-0.15, -0.1) is 0 Å². The van der Waals surface area contributed by atoms with Crippen molar-refractivity contribution in [2.45, 2.75) is 57.1 Å². The van der Waals surface area contributed by atoms with E-state index in [0.717, 1.165) is 39.2 Å². The number of aliphatic hydroxyl groups is 1. The van der Waals surface area contributed by atoms with E-state index >= 15 is 0 Å². The molecule has 1 atom stereocenters. The normalized spacial score (nSPS) is 21.2. The van der Waals surface area contributed by atoms with Gasteiger partial charge in [-0.05, 0) is 31.9 Å². The molecule has 32 heavy (non-hydrogen) atoms. The molecule has 4 rings (SSSR count). The number of methoxy groups -OCH3 is 2. The average Bonchev–Trinajstić information content (AvgIpc) is 2.80. The molecule has 8 nitrogen and oxygen atoms in total. The Morgan fingerprint density at radius 2 is 1.91 bits per heavy atom. The number of carbonyl (C=O) groups is 2. The van der Waals surface area contributed by atoms with Gasteiger partial charge in [0.15, 0.2) is 22.6 Å². The van der Waals surface area contributed by atoms with Crippen LogP contribution in [0.1, 0.15) is 56.8 Å². The van der Waals surface area contributed by atoms with Crippen molar-refractivity contribution in [1.82, 2.24) is 5.32 Å². The first-order valence-electron chi connectivity index (χ1n) is 10.8. The lowest BCUT2D eigenvalue weighted by atomic mass is 9.78. The summed E-state index contributed by atoms with van der Waals surface area (Å²) in [6, 6.07) is 4.78. The fourth-order valence-corrected chi connectivity index (χ4v) is 4.67. The largest absolute Gasteiger partial charge is 0.497 e. The number of esters is 1. The molecule has 1 saturated carbocycles. The second kappa shape index (κ2) is 8.43. The molecule has 2 aromatic rings. The molecule has 2 N–H and O–H groups in total. The molecule has 0 bridgehead atoms. The second-order valence-corrected chi connectivity index (χ2v) is 8.42.